The van der Waals surface area contributed by atoms with Gasteiger partial charge in [-0.05, 0) is 18.2 Å². The highest BCUT2D eigenvalue weighted by atomic mass is 35.5. The highest BCUT2D eigenvalue weighted by Crippen LogP contribution is 2.20. The van der Waals surface area contributed by atoms with Crippen LogP contribution in [0.3, 0.4) is 0 Å². The van der Waals surface area contributed by atoms with Crippen LogP contribution < -0.4 is 0 Å². The summed E-state index contributed by atoms with van der Waals surface area (Å²) < 4.78 is 0. The molecule has 0 radical (unpaired) electrons. The molecule has 0 aromatic carbocycles. The third-order valence-corrected chi connectivity index (χ3v) is 1.98. The lowest BCUT2D eigenvalue weighted by atomic mass is 10.2. The van der Waals surface area contributed by atoms with Gasteiger partial charge < -0.3 is 0 Å². The van der Waals surface area contributed by atoms with Crippen molar-refractivity contribution in [2.45, 2.75) is 0 Å². The molecule has 0 saturated heterocycles. The average molecular weight is 217 g/mol. The molecule has 2 aromatic heterocycles. The third-order valence-electron chi connectivity index (χ3n) is 1.78. The minimum Gasteiger partial charge on any atom is -0.276 e. The van der Waals surface area contributed by atoms with Crippen LogP contribution in [0.5, 0.6) is 0 Å². The van der Waals surface area contributed by atoms with Crippen molar-refractivity contribution < 1.29 is 0 Å². The predicted molar refractivity (Wildman–Crippen MR) is 56.5 cm³/mol. The molecule has 5 heteroatoms. The van der Waals surface area contributed by atoms with Crippen LogP contribution in [0.2, 0.25) is 5.15 Å². The number of hydrogen-bond acceptors (Lipinski definition) is 3. The highest BCUT2D eigenvalue weighted by molar-refractivity contribution is 6.29. The van der Waals surface area contributed by atoms with E-state index in [4.69, 9.17) is 18.2 Å². The van der Waals surface area contributed by atoms with Crippen LogP contribution in [0.15, 0.2) is 30.6 Å². The SMILES string of the molecule is [C-]#[N+]c1cncc(-c2ccc(Cl)nn2)c1. The van der Waals surface area contributed by atoms with Crippen LogP contribution in [-0.2, 0) is 0 Å². The fourth-order valence-corrected chi connectivity index (χ4v) is 1.20. The largest absolute Gasteiger partial charge is 0.276 e. The summed E-state index contributed by atoms with van der Waals surface area (Å²) in [6.07, 6.45) is 3.13. The number of nitrogens with zero attached hydrogens (tertiary/aromatic N) is 4. The number of aromatic nitrogens is 3. The molecular weight excluding hydrogens is 212 g/mol. The van der Waals surface area contributed by atoms with Crippen molar-refractivity contribution >= 4 is 17.3 Å². The lowest BCUT2D eigenvalue weighted by Gasteiger charge is -1.99. The molecule has 0 fully saturated rings. The van der Waals surface area contributed by atoms with E-state index in [1.807, 2.05) is 0 Å². The second-order valence-corrected chi connectivity index (χ2v) is 3.17. The monoisotopic (exact) mass is 216 g/mol. The van der Waals surface area contributed by atoms with Gasteiger partial charge in [-0.2, -0.15) is 0 Å². The molecule has 72 valence electrons. The number of pyridine rings is 1. The van der Waals surface area contributed by atoms with E-state index in [-0.39, 0.29) is 0 Å². The lowest BCUT2D eigenvalue weighted by Crippen LogP contribution is -1.87. The van der Waals surface area contributed by atoms with E-state index in [9.17, 15) is 0 Å². The van der Waals surface area contributed by atoms with Gasteiger partial charge in [-0.15, -0.1) is 10.2 Å². The molecule has 2 rings (SSSR count). The van der Waals surface area contributed by atoms with E-state index in [0.717, 1.165) is 5.56 Å². The van der Waals surface area contributed by atoms with Crippen molar-refractivity contribution in [2.75, 3.05) is 0 Å². The van der Waals surface area contributed by atoms with Gasteiger partial charge >= 0.3 is 0 Å². The Balaban J connectivity index is 2.46. The Morgan fingerprint density at radius 1 is 1.20 bits per heavy atom. The second kappa shape index (κ2) is 4.03. The first-order valence-corrected chi connectivity index (χ1v) is 4.49. The predicted octanol–water partition coefficient (Wildman–Crippen LogP) is 2.74. The summed E-state index contributed by atoms with van der Waals surface area (Å²) in [6, 6.07) is 5.09. The number of halogens is 1. The first kappa shape index (κ1) is 9.56. The first-order chi connectivity index (χ1) is 7.29. The topological polar surface area (TPSA) is 43.0 Å². The van der Waals surface area contributed by atoms with Crippen molar-refractivity contribution in [3.05, 3.63) is 47.2 Å². The Labute approximate surface area is 91.4 Å². The fraction of sp³-hybridized carbons (Fsp3) is 0. The van der Waals surface area contributed by atoms with E-state index >= 15 is 0 Å². The van der Waals surface area contributed by atoms with Gasteiger partial charge in [-0.3, -0.25) is 4.98 Å². The van der Waals surface area contributed by atoms with Gasteiger partial charge in [-0.25, -0.2) is 4.85 Å². The highest BCUT2D eigenvalue weighted by Gasteiger charge is 2.01. The van der Waals surface area contributed by atoms with Crippen LogP contribution in [0, 0.1) is 6.57 Å². The summed E-state index contributed by atoms with van der Waals surface area (Å²) in [5, 5.41) is 7.96. The van der Waals surface area contributed by atoms with Gasteiger partial charge in [0.05, 0.1) is 12.3 Å². The van der Waals surface area contributed by atoms with Crippen molar-refractivity contribution in [1.29, 1.82) is 0 Å². The third kappa shape index (κ3) is 2.09. The molecule has 0 aliphatic rings. The van der Waals surface area contributed by atoms with Crippen molar-refractivity contribution in [3.63, 3.8) is 0 Å². The molecule has 2 heterocycles. The van der Waals surface area contributed by atoms with E-state index < -0.39 is 0 Å². The zero-order valence-corrected chi connectivity index (χ0v) is 8.31. The van der Waals surface area contributed by atoms with Crippen LogP contribution in [0.4, 0.5) is 5.69 Å². The van der Waals surface area contributed by atoms with Gasteiger partial charge in [0.2, 0.25) is 5.69 Å². The molecule has 4 nitrogen and oxygen atoms in total. The molecule has 2 aromatic rings. The number of hydrogen-bond donors (Lipinski definition) is 0. The Morgan fingerprint density at radius 2 is 2.07 bits per heavy atom. The van der Waals surface area contributed by atoms with E-state index in [2.05, 4.69) is 20.0 Å². The van der Waals surface area contributed by atoms with E-state index in [1.54, 1.807) is 24.4 Å². The zero-order valence-electron chi connectivity index (χ0n) is 7.55. The Bertz CT molecular complexity index is 516. The Kier molecular flexibility index (Phi) is 2.57. The molecule has 0 amide bonds. The van der Waals surface area contributed by atoms with Crippen LogP contribution in [0.25, 0.3) is 16.1 Å². The molecule has 0 atom stereocenters. The maximum absolute atomic E-state index is 6.86. The summed E-state index contributed by atoms with van der Waals surface area (Å²) in [7, 11) is 0. The quantitative estimate of drug-likeness (QED) is 0.689. The van der Waals surface area contributed by atoms with Gasteiger partial charge in [0.15, 0.2) is 5.15 Å². The van der Waals surface area contributed by atoms with Gasteiger partial charge in [0, 0.05) is 18.0 Å². The maximum atomic E-state index is 6.86. The van der Waals surface area contributed by atoms with Gasteiger partial charge in [-0.1, -0.05) is 11.6 Å². The number of rotatable bonds is 1. The zero-order chi connectivity index (χ0) is 10.7. The van der Waals surface area contributed by atoms with Crippen LogP contribution in [-0.4, -0.2) is 15.2 Å². The Morgan fingerprint density at radius 3 is 2.73 bits per heavy atom. The van der Waals surface area contributed by atoms with Crippen LogP contribution >= 0.6 is 11.6 Å². The van der Waals surface area contributed by atoms with Crippen molar-refractivity contribution in [2.24, 2.45) is 0 Å². The lowest BCUT2D eigenvalue weighted by molar-refractivity contribution is 1.04. The molecule has 0 spiro atoms. The first-order valence-electron chi connectivity index (χ1n) is 4.12. The summed E-state index contributed by atoms with van der Waals surface area (Å²) in [5.74, 6) is 0. The summed E-state index contributed by atoms with van der Waals surface area (Å²) in [6.45, 7) is 6.86. The minimum absolute atomic E-state index is 0.341. The standard InChI is InChI=1S/C10H5ClN4/c1-12-8-4-7(5-13-6-8)9-2-3-10(11)15-14-9/h2-6H. The molecular formula is C10H5ClN4. The van der Waals surface area contributed by atoms with E-state index in [1.165, 1.54) is 6.20 Å². The molecule has 0 saturated carbocycles. The normalized spacial score (nSPS) is 9.60. The van der Waals surface area contributed by atoms with Crippen molar-refractivity contribution in [1.82, 2.24) is 15.2 Å². The molecule has 0 N–H and O–H groups in total. The van der Waals surface area contributed by atoms with Crippen molar-refractivity contribution in [3.8, 4) is 11.3 Å². The van der Waals surface area contributed by atoms with Crippen LogP contribution in [0.1, 0.15) is 0 Å². The average Bonchev–Trinajstić information content (AvgIpc) is 2.30. The van der Waals surface area contributed by atoms with E-state index in [0.29, 0.717) is 16.5 Å². The summed E-state index contributed by atoms with van der Waals surface area (Å²) in [4.78, 5) is 7.23. The van der Waals surface area contributed by atoms with Gasteiger partial charge in [0.25, 0.3) is 0 Å². The molecule has 0 unspecified atom stereocenters. The molecule has 15 heavy (non-hydrogen) atoms. The Hall–Kier alpha value is -1.99. The molecule has 0 bridgehead atoms. The molecule has 0 aliphatic heterocycles. The summed E-state index contributed by atoms with van der Waals surface area (Å²) >= 11 is 5.62. The summed E-state index contributed by atoms with van der Waals surface area (Å²) in [5.41, 5.74) is 1.88. The maximum Gasteiger partial charge on any atom is 0.205 e. The minimum atomic E-state index is 0.341. The fourth-order valence-electron chi connectivity index (χ4n) is 1.10. The smallest absolute Gasteiger partial charge is 0.205 e. The second-order valence-electron chi connectivity index (χ2n) is 2.78. The molecule has 0 aliphatic carbocycles. The van der Waals surface area contributed by atoms with Gasteiger partial charge in [0.1, 0.15) is 0 Å².